The standard InChI is InChI=1S/2C7H10Br2O2.Zn/c2*8-5-3-1-2-4-7(5,9)6(10)11;/h2*5H,1-4H2,(H,10,11);. The van der Waals surface area contributed by atoms with Crippen LogP contribution in [-0.4, -0.2) is 40.5 Å². The molecule has 0 aromatic heterocycles. The van der Waals surface area contributed by atoms with Gasteiger partial charge in [0.25, 0.3) is 0 Å². The molecule has 9 heteroatoms. The van der Waals surface area contributed by atoms with Crippen molar-refractivity contribution in [1.29, 1.82) is 0 Å². The largest absolute Gasteiger partial charge is 0.480 e. The Labute approximate surface area is 183 Å². The van der Waals surface area contributed by atoms with Gasteiger partial charge in [-0.25, -0.2) is 0 Å². The van der Waals surface area contributed by atoms with E-state index >= 15 is 0 Å². The van der Waals surface area contributed by atoms with Crippen molar-refractivity contribution < 1.29 is 39.3 Å². The van der Waals surface area contributed by atoms with Crippen molar-refractivity contribution in [3.05, 3.63) is 0 Å². The molecule has 0 saturated heterocycles. The van der Waals surface area contributed by atoms with Gasteiger partial charge in [-0.2, -0.15) is 0 Å². The average Bonchev–Trinajstić information content (AvgIpc) is 2.46. The van der Waals surface area contributed by atoms with E-state index < -0.39 is 20.6 Å². The number of halogens is 4. The predicted molar refractivity (Wildman–Crippen MR) is 101 cm³/mol. The summed E-state index contributed by atoms with van der Waals surface area (Å²) in [6.07, 6.45) is 7.57. The maximum absolute atomic E-state index is 10.8. The fraction of sp³-hybridized carbons (Fsp3) is 0.857. The molecule has 2 fully saturated rings. The van der Waals surface area contributed by atoms with Gasteiger partial charge in [0.15, 0.2) is 0 Å². The van der Waals surface area contributed by atoms with Crippen LogP contribution in [0.4, 0.5) is 0 Å². The van der Waals surface area contributed by atoms with Crippen molar-refractivity contribution in [2.75, 3.05) is 0 Å². The summed E-state index contributed by atoms with van der Waals surface area (Å²) in [6.45, 7) is 0. The SMILES string of the molecule is O=C(O)C1(Br)CCCCC1Br.O=C(O)C1(Br)CCCCC1Br.[Zn]. The summed E-state index contributed by atoms with van der Waals surface area (Å²) in [6, 6.07) is 0. The van der Waals surface area contributed by atoms with E-state index in [4.69, 9.17) is 10.2 Å². The molecule has 23 heavy (non-hydrogen) atoms. The topological polar surface area (TPSA) is 74.6 Å². The first-order valence-corrected chi connectivity index (χ1v) is 10.7. The Balaban J connectivity index is 0.000000403. The molecule has 0 amide bonds. The van der Waals surface area contributed by atoms with Gasteiger partial charge in [-0.15, -0.1) is 0 Å². The second kappa shape index (κ2) is 10.6. The third kappa shape index (κ3) is 6.30. The summed E-state index contributed by atoms with van der Waals surface area (Å²) in [5, 5.41) is 17.8. The van der Waals surface area contributed by atoms with Gasteiger partial charge in [-0.1, -0.05) is 89.4 Å². The quantitative estimate of drug-likeness (QED) is 0.328. The summed E-state index contributed by atoms with van der Waals surface area (Å²) >= 11 is 13.3. The van der Waals surface area contributed by atoms with Gasteiger partial charge in [0, 0.05) is 29.1 Å². The van der Waals surface area contributed by atoms with Crippen LogP contribution in [0, 0.1) is 0 Å². The molecule has 0 aliphatic heterocycles. The minimum Gasteiger partial charge on any atom is -0.480 e. The predicted octanol–water partition coefficient (Wildman–Crippen LogP) is 5.08. The molecule has 0 heterocycles. The van der Waals surface area contributed by atoms with Gasteiger partial charge in [0.2, 0.25) is 0 Å². The van der Waals surface area contributed by atoms with Crippen LogP contribution in [-0.2, 0) is 29.1 Å². The maximum atomic E-state index is 10.8. The molecular formula is C14H20Br4O4Zn. The molecule has 2 rings (SSSR count). The van der Waals surface area contributed by atoms with E-state index in [1.807, 2.05) is 0 Å². The Morgan fingerprint density at radius 1 is 0.783 bits per heavy atom. The number of carboxylic acid groups (broad SMARTS) is 2. The Morgan fingerprint density at radius 2 is 1.09 bits per heavy atom. The summed E-state index contributed by atoms with van der Waals surface area (Å²) in [7, 11) is 0. The smallest absolute Gasteiger partial charge is 0.321 e. The van der Waals surface area contributed by atoms with E-state index in [1.165, 1.54) is 0 Å². The zero-order valence-electron chi connectivity index (χ0n) is 12.7. The molecule has 0 spiro atoms. The zero-order chi connectivity index (χ0) is 17.0. The van der Waals surface area contributed by atoms with Gasteiger partial charge < -0.3 is 10.2 Å². The molecule has 130 valence electrons. The molecule has 0 aromatic rings. The molecule has 2 saturated carbocycles. The molecule has 0 aromatic carbocycles. The molecule has 4 atom stereocenters. The van der Waals surface area contributed by atoms with Gasteiger partial charge in [0.05, 0.1) is 0 Å². The van der Waals surface area contributed by atoms with Crippen LogP contribution in [0.1, 0.15) is 51.4 Å². The monoisotopic (exact) mass is 632 g/mol. The number of carboxylic acids is 2. The fourth-order valence-corrected chi connectivity index (χ4v) is 5.18. The number of aliphatic carboxylic acids is 2. The van der Waals surface area contributed by atoms with E-state index in [-0.39, 0.29) is 29.1 Å². The average molecular weight is 637 g/mol. The van der Waals surface area contributed by atoms with Crippen LogP contribution in [0.15, 0.2) is 0 Å². The van der Waals surface area contributed by atoms with Crippen LogP contribution in [0.2, 0.25) is 0 Å². The number of alkyl halides is 4. The summed E-state index contributed by atoms with van der Waals surface area (Å²) in [5.41, 5.74) is 0. The first kappa shape index (κ1) is 24.5. The number of hydrogen-bond donors (Lipinski definition) is 2. The summed E-state index contributed by atoms with van der Waals surface area (Å²) in [5.74, 6) is -1.50. The fourth-order valence-electron chi connectivity index (χ4n) is 2.66. The van der Waals surface area contributed by atoms with Crippen LogP contribution >= 0.6 is 63.7 Å². The number of hydrogen-bond acceptors (Lipinski definition) is 2. The van der Waals surface area contributed by atoms with Crippen molar-refractivity contribution in [1.82, 2.24) is 0 Å². The third-order valence-electron chi connectivity index (χ3n) is 4.20. The first-order chi connectivity index (χ1) is 10.1. The molecule has 2 N–H and O–H groups in total. The molecule has 0 radical (unpaired) electrons. The van der Waals surface area contributed by atoms with E-state index in [0.717, 1.165) is 51.4 Å². The second-order valence-electron chi connectivity index (χ2n) is 5.76. The molecular weight excluding hydrogens is 617 g/mol. The van der Waals surface area contributed by atoms with Gasteiger partial charge in [-0.3, -0.25) is 9.59 Å². The number of carbonyl (C=O) groups is 2. The molecule has 0 bridgehead atoms. The second-order valence-corrected chi connectivity index (χ2v) is 10.8. The van der Waals surface area contributed by atoms with E-state index in [2.05, 4.69) is 63.7 Å². The van der Waals surface area contributed by atoms with Crippen LogP contribution in [0.3, 0.4) is 0 Å². The molecule has 4 unspecified atom stereocenters. The third-order valence-corrected chi connectivity index (χ3v) is 10.5. The Kier molecular flexibility index (Phi) is 11.3. The summed E-state index contributed by atoms with van der Waals surface area (Å²) < 4.78 is -1.43. The minimum absolute atomic E-state index is 0. The normalized spacial score (nSPS) is 36.9. The van der Waals surface area contributed by atoms with Crippen molar-refractivity contribution >= 4 is 75.7 Å². The minimum atomic E-state index is -0.751. The van der Waals surface area contributed by atoms with Gasteiger partial charge in [0.1, 0.15) is 8.65 Å². The van der Waals surface area contributed by atoms with Crippen LogP contribution < -0.4 is 0 Å². The van der Waals surface area contributed by atoms with E-state index in [0.29, 0.717) is 0 Å². The Hall–Kier alpha value is 1.48. The van der Waals surface area contributed by atoms with Crippen LogP contribution in [0.5, 0.6) is 0 Å². The van der Waals surface area contributed by atoms with Gasteiger partial charge in [-0.05, 0) is 25.7 Å². The number of rotatable bonds is 2. The Morgan fingerprint density at radius 3 is 1.26 bits per heavy atom. The van der Waals surface area contributed by atoms with E-state index in [1.54, 1.807) is 0 Å². The molecule has 2 aliphatic rings. The zero-order valence-corrected chi connectivity index (χ0v) is 22.1. The Bertz CT molecular complexity index is 388. The van der Waals surface area contributed by atoms with Crippen molar-refractivity contribution in [3.63, 3.8) is 0 Å². The molecule has 4 nitrogen and oxygen atoms in total. The van der Waals surface area contributed by atoms with Crippen molar-refractivity contribution in [3.8, 4) is 0 Å². The molecule has 2 aliphatic carbocycles. The van der Waals surface area contributed by atoms with Gasteiger partial charge >= 0.3 is 11.9 Å². The summed E-state index contributed by atoms with van der Waals surface area (Å²) in [4.78, 5) is 21.8. The maximum Gasteiger partial charge on any atom is 0.321 e. The van der Waals surface area contributed by atoms with Crippen LogP contribution in [0.25, 0.3) is 0 Å². The van der Waals surface area contributed by atoms with Crippen molar-refractivity contribution in [2.24, 2.45) is 0 Å². The van der Waals surface area contributed by atoms with Crippen molar-refractivity contribution in [2.45, 2.75) is 69.7 Å². The van der Waals surface area contributed by atoms with E-state index in [9.17, 15) is 9.59 Å². The first-order valence-electron chi connectivity index (χ1n) is 7.27.